The SMILES string of the molecule is C.C.CO[C@H]1C(O)[C@@H](CN(C)C)O[C@H]1n1ccc(=O)[nH]c1=O.CO[C@H]1C(OP(OCCC#N)N(C(C)C)C(C)C)[C@@H](CN(C)C)O[C@H]1n1ccc(=O)[nH]c1=O.CO[C@H]1C(O[Si](C)(C)C(C)(C)C)[C@@H](CN(C)C)O[C@H]1n1ccc(=O)[nH]c1=O.CO[C@H]1C(O[Si](C)(C)C(C)(C)C)[C@@H](COS(=O)(=O)c2ccc(C)cc2)O[C@H]1n1ccc(=O)[nH]c1=O. The summed E-state index contributed by atoms with van der Waals surface area (Å²) in [4.78, 5) is 109. The number of nitrogens with zero attached hydrogens (tertiary/aromatic N) is 9. The number of benzene rings is 1. The average Bonchev–Trinajstić information content (AvgIpc) is 1.64. The highest BCUT2D eigenvalue weighted by atomic mass is 32.2. The topological polar surface area (TPSA) is 431 Å². The second-order valence-corrected chi connectivity index (χ2v) is 45.3. The van der Waals surface area contributed by atoms with E-state index in [9.17, 15) is 51.9 Å². The van der Waals surface area contributed by atoms with E-state index in [4.69, 9.17) is 65.2 Å². The van der Waals surface area contributed by atoms with Gasteiger partial charge in [-0.1, -0.05) is 74.1 Å². The molecule has 4 aliphatic rings. The number of aliphatic hydroxyl groups is 1. The van der Waals surface area contributed by atoms with Crippen molar-refractivity contribution >= 4 is 35.3 Å². The van der Waals surface area contributed by atoms with Gasteiger partial charge in [0.1, 0.15) is 73.2 Å². The maximum Gasteiger partial charge on any atom is 0.330 e. The molecule has 5 N–H and O–H groups in total. The van der Waals surface area contributed by atoms with Crippen LogP contribution in [-0.2, 0) is 70.1 Å². The lowest BCUT2D eigenvalue weighted by molar-refractivity contribution is -0.0599. The summed E-state index contributed by atoms with van der Waals surface area (Å²) >= 11 is 0. The van der Waals surface area contributed by atoms with E-state index in [1.54, 1.807) is 19.2 Å². The average molecular weight is 1730 g/mol. The van der Waals surface area contributed by atoms with Crippen LogP contribution in [0.1, 0.15) is 121 Å². The lowest BCUT2D eigenvalue weighted by Gasteiger charge is -2.40. The minimum absolute atomic E-state index is 0. The number of hydrogen-bond donors (Lipinski definition) is 5. The third kappa shape index (κ3) is 27.0. The van der Waals surface area contributed by atoms with Crippen molar-refractivity contribution < 1.29 is 73.5 Å². The van der Waals surface area contributed by atoms with Gasteiger partial charge >= 0.3 is 22.8 Å². The number of aliphatic hydroxyl groups excluding tert-OH is 1. The lowest BCUT2D eigenvalue weighted by Crippen LogP contribution is -2.51. The minimum Gasteiger partial charge on any atom is -0.408 e. The molecule has 0 amide bonds. The third-order valence-electron chi connectivity index (χ3n) is 20.4. The molecule has 0 bridgehead atoms. The van der Waals surface area contributed by atoms with Gasteiger partial charge in [0.05, 0.1) is 30.6 Å². The van der Waals surface area contributed by atoms with E-state index in [0.29, 0.717) is 19.6 Å². The number of H-pyrrole nitrogens is 4. The quantitative estimate of drug-likeness (QED) is 0.0169. The summed E-state index contributed by atoms with van der Waals surface area (Å²) in [5, 5.41) is 19.1. The summed E-state index contributed by atoms with van der Waals surface area (Å²) in [6.45, 7) is 32.9. The first-order valence-corrected chi connectivity index (χ1v) is 46.1. The molecule has 4 aliphatic heterocycles. The number of aromatic amines is 4. The summed E-state index contributed by atoms with van der Waals surface area (Å²) in [7, 11) is 7.44. The van der Waals surface area contributed by atoms with Gasteiger partial charge in [0, 0.05) is 109 Å². The largest absolute Gasteiger partial charge is 0.408 e. The van der Waals surface area contributed by atoms with Crippen molar-refractivity contribution in [3.8, 4) is 6.07 Å². The van der Waals surface area contributed by atoms with Crippen LogP contribution in [0.25, 0.3) is 0 Å². The second kappa shape index (κ2) is 44.4. The van der Waals surface area contributed by atoms with E-state index in [2.05, 4.69) is 126 Å². The first kappa shape index (κ1) is 103. The Bertz CT molecular complexity index is 4580. The number of aryl methyl sites for hydroxylation is 1. The van der Waals surface area contributed by atoms with Crippen LogP contribution < -0.4 is 45.0 Å². The smallest absolute Gasteiger partial charge is 0.330 e. The van der Waals surface area contributed by atoms with E-state index in [1.807, 2.05) is 63.9 Å². The van der Waals surface area contributed by atoms with Gasteiger partial charge in [0.15, 0.2) is 41.5 Å². The Morgan fingerprint density at radius 3 is 1.15 bits per heavy atom. The molecule has 5 aromatic rings. The molecule has 37 nitrogen and oxygen atoms in total. The molecule has 8 heterocycles. The minimum atomic E-state index is -4.06. The molecule has 1 aromatic carbocycles. The van der Waals surface area contributed by atoms with Gasteiger partial charge in [-0.2, -0.15) is 13.7 Å². The molecule has 9 rings (SSSR count). The van der Waals surface area contributed by atoms with Gasteiger partial charge < -0.3 is 75.6 Å². The molecular weight excluding hydrogens is 1600 g/mol. The summed E-state index contributed by atoms with van der Waals surface area (Å²) in [5.41, 5.74) is -3.42. The van der Waals surface area contributed by atoms with Crippen LogP contribution in [-0.4, -0.2) is 277 Å². The Balaban J connectivity index is 0.000000332. The van der Waals surface area contributed by atoms with Crippen LogP contribution in [0, 0.1) is 18.3 Å². The fourth-order valence-electron chi connectivity index (χ4n) is 12.7. The van der Waals surface area contributed by atoms with Gasteiger partial charge in [0.25, 0.3) is 40.9 Å². The molecule has 4 fully saturated rings. The van der Waals surface area contributed by atoms with Gasteiger partial charge in [-0.05, 0) is 125 Å². The van der Waals surface area contributed by atoms with Crippen molar-refractivity contribution in [3.63, 3.8) is 0 Å². The summed E-state index contributed by atoms with van der Waals surface area (Å²) in [6.07, 6.45) is -4.49. The first-order chi connectivity index (χ1) is 53.6. The Morgan fingerprint density at radius 2 is 0.829 bits per heavy atom. The lowest BCUT2D eigenvalue weighted by atomic mass is 10.1. The normalized spacial score (nSPS) is 25.2. The zero-order valence-corrected chi connectivity index (χ0v) is 74.5. The standard InChI is InChI=1S/C23H34N2O8SSi.C21H36N5O6P.C18H33N3O5Si.C12H19N3O5.2CH4/c1-15-8-10-16(11-9-15)34(28,29)31-14-17-19(33-35(6,7)23(2,3)4)20(30-5)21(32-17)25-13-12-18(26)24-22(25)27;1-14(2)26(15(3)4)33(30-12-8-10-22)32-18-16(13-24(5)6)31-20(19(18)29-7)25-11-9-17(27)23-21(25)28;1-18(2,3)27(7,8)26-14-12(11-20(4)5)25-16(15(14)24-6)21-10-9-13(22)19-17(21)23;1-14(2)6-7-9(17)10(19-3)11(20-7)15-5-4-8(16)13-12(15)18;;/h8-13,17,19-21H,14H2,1-7H3,(H,24,26,27);9,11,14-16,18-20H,8,12-13H2,1-7H3,(H,23,27,28);9-10,12,14-16H,11H2,1-8H3,(H,19,22,23);4-5,7,9-11,17H,6H2,1-3H3,(H,13,16,18);2*1H4/t17-,19?,20+,21-;16-,18?,19+,20-,33?;12-,14?,15+,16-;7-,9?,10+,11-;;/m1111../s1. The molecule has 117 heavy (non-hydrogen) atoms. The zero-order chi connectivity index (χ0) is 86.3. The van der Waals surface area contributed by atoms with Gasteiger partial charge in [-0.15, -0.1) is 0 Å². The van der Waals surface area contributed by atoms with Crippen molar-refractivity contribution in [1.82, 2.24) is 57.6 Å². The Morgan fingerprint density at radius 1 is 0.513 bits per heavy atom. The molecule has 0 spiro atoms. The van der Waals surface area contributed by atoms with Crippen molar-refractivity contribution in [2.45, 2.75) is 249 Å². The van der Waals surface area contributed by atoms with Gasteiger partial charge in [-0.25, -0.2) is 23.8 Å². The maximum absolute atomic E-state index is 12.8. The number of nitriles is 1. The highest BCUT2D eigenvalue weighted by molar-refractivity contribution is 7.86. The number of ether oxygens (including phenoxy) is 8. The Labute approximate surface area is 689 Å². The van der Waals surface area contributed by atoms with E-state index in [0.717, 1.165) is 5.56 Å². The third-order valence-corrected chi connectivity index (χ3v) is 32.8. The summed E-state index contributed by atoms with van der Waals surface area (Å²) < 4.78 is 111. The van der Waals surface area contributed by atoms with Crippen LogP contribution in [0.4, 0.5) is 0 Å². The molecule has 4 saturated heterocycles. The summed E-state index contributed by atoms with van der Waals surface area (Å²) in [6, 6.07) is 13.7. The van der Waals surface area contributed by atoms with Crippen LogP contribution in [0.15, 0.2) is 117 Å². The molecule has 17 atom stereocenters. The Hall–Kier alpha value is -6.48. The monoisotopic (exact) mass is 1730 g/mol. The maximum atomic E-state index is 12.8. The van der Waals surface area contributed by atoms with Crippen LogP contribution in [0.5, 0.6) is 0 Å². The molecule has 5 unspecified atom stereocenters. The van der Waals surface area contributed by atoms with E-state index >= 15 is 0 Å². The number of rotatable bonds is 30. The predicted octanol–water partition coefficient (Wildman–Crippen LogP) is 5.27. The summed E-state index contributed by atoms with van der Waals surface area (Å²) in [5.74, 6) is 0. The fourth-order valence-corrected chi connectivity index (χ4v) is 18.0. The number of hydrogen-bond acceptors (Lipinski definition) is 29. The Kier molecular flexibility index (Phi) is 39.0. The van der Waals surface area contributed by atoms with E-state index in [1.165, 1.54) is 101 Å². The van der Waals surface area contributed by atoms with Crippen LogP contribution in [0.2, 0.25) is 36.3 Å². The fraction of sp³-hybridized carbons (Fsp3) is 0.697. The molecule has 41 heteroatoms. The highest BCUT2D eigenvalue weighted by Gasteiger charge is 2.55. The second-order valence-electron chi connectivity index (χ2n) is 32.8. The predicted molar refractivity (Wildman–Crippen MR) is 448 cm³/mol. The zero-order valence-electron chi connectivity index (χ0n) is 70.8. The highest BCUT2D eigenvalue weighted by Crippen LogP contribution is 2.51. The molecule has 662 valence electrons. The number of aromatic nitrogens is 8. The van der Waals surface area contributed by atoms with Crippen LogP contribution in [0.3, 0.4) is 0 Å². The molecule has 4 aromatic heterocycles. The van der Waals surface area contributed by atoms with Gasteiger partial charge in [-0.3, -0.25) is 61.6 Å². The molecule has 0 aliphatic carbocycles. The van der Waals surface area contributed by atoms with Crippen molar-refractivity contribution in [2.24, 2.45) is 0 Å². The number of methoxy groups -OCH3 is 4. The van der Waals surface area contributed by atoms with Crippen molar-refractivity contribution in [2.75, 3.05) is 104 Å². The molecule has 0 saturated carbocycles. The van der Waals surface area contributed by atoms with E-state index < -0.39 is 166 Å². The van der Waals surface area contributed by atoms with Crippen molar-refractivity contribution in [1.29, 1.82) is 5.26 Å². The van der Waals surface area contributed by atoms with E-state index in [-0.39, 0.29) is 73.8 Å². The number of nitrogens with one attached hydrogen (secondary N) is 4. The van der Waals surface area contributed by atoms with Gasteiger partial charge in [0.2, 0.25) is 0 Å². The molecular formula is C76H130N13O24PSSi2. The van der Waals surface area contributed by atoms with Crippen LogP contribution >= 0.6 is 8.53 Å². The van der Waals surface area contributed by atoms with Crippen molar-refractivity contribution in [3.05, 3.63) is 162 Å². The molecule has 0 radical (unpaired) electrons. The first-order valence-electron chi connectivity index (χ1n) is 37.8. The number of likely N-dealkylation sites (N-methyl/N-ethyl adjacent to an activating group) is 3.